The maximum absolute atomic E-state index is 5.89. The first kappa shape index (κ1) is 13.4. The molecule has 1 nitrogen and oxygen atoms in total. The summed E-state index contributed by atoms with van der Waals surface area (Å²) in [5, 5.41) is 0. The Hall–Kier alpha value is -2.02. The number of hydrogen-bond acceptors (Lipinski definition) is 1. The van der Waals surface area contributed by atoms with E-state index in [1.54, 1.807) is 6.08 Å². The van der Waals surface area contributed by atoms with Gasteiger partial charge in [-0.2, -0.15) is 0 Å². The summed E-state index contributed by atoms with van der Waals surface area (Å²) in [6.45, 7) is 9.74. The molecule has 0 bridgehead atoms. The van der Waals surface area contributed by atoms with Gasteiger partial charge in [0.2, 0.25) is 0 Å². The van der Waals surface area contributed by atoms with Gasteiger partial charge in [0.25, 0.3) is 0 Å². The van der Waals surface area contributed by atoms with E-state index >= 15 is 0 Å². The molecule has 0 amide bonds. The van der Waals surface area contributed by atoms with Crippen LogP contribution < -0.4 is 4.74 Å². The number of fused-ring (bicyclic) bond motifs is 1. The Morgan fingerprint density at radius 3 is 2.79 bits per heavy atom. The number of ether oxygens (including phenoxy) is 1. The van der Waals surface area contributed by atoms with Gasteiger partial charge in [-0.15, -0.1) is 0 Å². The number of rotatable bonds is 4. The molecule has 2 atom stereocenters. The highest BCUT2D eigenvalue weighted by Gasteiger charge is 2.26. The van der Waals surface area contributed by atoms with E-state index in [-0.39, 0.29) is 6.10 Å². The summed E-state index contributed by atoms with van der Waals surface area (Å²) in [6, 6.07) is 8.26. The predicted molar refractivity (Wildman–Crippen MR) is 81.5 cm³/mol. The molecule has 0 radical (unpaired) electrons. The Bertz CT molecular complexity index is 522. The van der Waals surface area contributed by atoms with Crippen LogP contribution in [0.5, 0.6) is 5.75 Å². The quantitative estimate of drug-likeness (QED) is 0.700. The highest BCUT2D eigenvalue weighted by molar-refractivity contribution is 5.45. The fourth-order valence-electron chi connectivity index (χ4n) is 2.49. The minimum absolute atomic E-state index is 0.228. The van der Waals surface area contributed by atoms with Crippen molar-refractivity contribution in [2.75, 3.05) is 0 Å². The molecular weight excluding hydrogens is 232 g/mol. The molecule has 1 aliphatic rings. The molecule has 1 heterocycles. The Kier molecular flexibility index (Phi) is 4.40. The lowest BCUT2D eigenvalue weighted by Crippen LogP contribution is -2.23. The smallest absolute Gasteiger partial charge is 0.123 e. The SMILES string of the molecule is C=C/C=C\C=C(/C=C)[C@@H]1CC(C)Oc2ccccc21. The molecule has 1 unspecified atom stereocenters. The normalized spacial score (nSPS) is 22.7. The lowest BCUT2D eigenvalue weighted by molar-refractivity contribution is 0.183. The van der Waals surface area contributed by atoms with Crippen molar-refractivity contribution in [2.45, 2.75) is 25.4 Å². The maximum atomic E-state index is 5.89. The van der Waals surface area contributed by atoms with E-state index in [0.29, 0.717) is 5.92 Å². The first-order valence-corrected chi connectivity index (χ1v) is 6.63. The van der Waals surface area contributed by atoms with Crippen molar-refractivity contribution in [2.24, 2.45) is 0 Å². The minimum Gasteiger partial charge on any atom is -0.490 e. The van der Waals surface area contributed by atoms with E-state index in [0.717, 1.165) is 12.2 Å². The lowest BCUT2D eigenvalue weighted by atomic mass is 9.84. The third kappa shape index (κ3) is 3.05. The Morgan fingerprint density at radius 1 is 1.26 bits per heavy atom. The Labute approximate surface area is 115 Å². The molecule has 19 heavy (non-hydrogen) atoms. The molecule has 0 spiro atoms. The second-order valence-electron chi connectivity index (χ2n) is 4.75. The summed E-state index contributed by atoms with van der Waals surface area (Å²) in [6.07, 6.45) is 11.0. The Balaban J connectivity index is 2.38. The zero-order valence-corrected chi connectivity index (χ0v) is 11.4. The molecule has 1 heteroatoms. The van der Waals surface area contributed by atoms with Crippen LogP contribution in [-0.4, -0.2) is 6.10 Å². The zero-order valence-electron chi connectivity index (χ0n) is 11.4. The molecule has 0 aromatic heterocycles. The number of para-hydroxylation sites is 1. The topological polar surface area (TPSA) is 9.23 Å². The molecule has 0 saturated heterocycles. The van der Waals surface area contributed by atoms with Crippen molar-refractivity contribution >= 4 is 0 Å². The number of hydrogen-bond donors (Lipinski definition) is 0. The standard InChI is InChI=1S/C18H20O/c1-4-6-7-10-15(5-2)17-13-14(3)19-18-12-9-8-11-16(17)18/h4-12,14,17H,1-2,13H2,3H3/b7-6-,15-10+/t14?,17-/m0/s1. The van der Waals surface area contributed by atoms with Gasteiger partial charge in [-0.05, 0) is 25.0 Å². The van der Waals surface area contributed by atoms with Gasteiger partial charge < -0.3 is 4.74 Å². The van der Waals surface area contributed by atoms with Crippen molar-refractivity contribution in [3.63, 3.8) is 0 Å². The number of allylic oxidation sites excluding steroid dienone is 6. The molecule has 1 aromatic rings. The predicted octanol–water partition coefficient (Wildman–Crippen LogP) is 4.80. The highest BCUT2D eigenvalue weighted by Crippen LogP contribution is 2.40. The van der Waals surface area contributed by atoms with Crippen LogP contribution >= 0.6 is 0 Å². The fraction of sp³-hybridized carbons (Fsp3) is 0.222. The van der Waals surface area contributed by atoms with Crippen molar-refractivity contribution in [3.8, 4) is 5.75 Å². The van der Waals surface area contributed by atoms with Crippen LogP contribution in [-0.2, 0) is 0 Å². The third-order valence-electron chi connectivity index (χ3n) is 3.36. The lowest BCUT2D eigenvalue weighted by Gasteiger charge is -2.31. The summed E-state index contributed by atoms with van der Waals surface area (Å²) in [5.74, 6) is 1.35. The molecule has 1 aliphatic heterocycles. The van der Waals surface area contributed by atoms with Gasteiger partial charge in [-0.25, -0.2) is 0 Å². The molecule has 0 fully saturated rings. The van der Waals surface area contributed by atoms with Crippen LogP contribution in [0.3, 0.4) is 0 Å². The molecule has 0 aliphatic carbocycles. The largest absolute Gasteiger partial charge is 0.490 e. The average molecular weight is 252 g/mol. The van der Waals surface area contributed by atoms with Crippen LogP contribution in [0.1, 0.15) is 24.8 Å². The van der Waals surface area contributed by atoms with Crippen LogP contribution in [0.15, 0.2) is 73.4 Å². The van der Waals surface area contributed by atoms with E-state index in [9.17, 15) is 0 Å². The van der Waals surface area contributed by atoms with Gasteiger partial charge >= 0.3 is 0 Å². The van der Waals surface area contributed by atoms with E-state index in [4.69, 9.17) is 4.74 Å². The first-order chi connectivity index (χ1) is 9.26. The van der Waals surface area contributed by atoms with E-state index in [1.807, 2.05) is 30.4 Å². The zero-order chi connectivity index (χ0) is 13.7. The van der Waals surface area contributed by atoms with Gasteiger partial charge in [0.05, 0.1) is 6.10 Å². The maximum Gasteiger partial charge on any atom is 0.123 e. The summed E-state index contributed by atoms with van der Waals surface area (Å²) >= 11 is 0. The van der Waals surface area contributed by atoms with E-state index in [2.05, 4.69) is 38.3 Å². The van der Waals surface area contributed by atoms with Crippen molar-refractivity contribution in [1.29, 1.82) is 0 Å². The van der Waals surface area contributed by atoms with Gasteiger partial charge in [0.15, 0.2) is 0 Å². The molecule has 1 aromatic carbocycles. The van der Waals surface area contributed by atoms with Gasteiger partial charge in [0.1, 0.15) is 5.75 Å². The van der Waals surface area contributed by atoms with E-state index < -0.39 is 0 Å². The van der Waals surface area contributed by atoms with Gasteiger partial charge in [-0.1, -0.05) is 61.7 Å². The Morgan fingerprint density at radius 2 is 2.05 bits per heavy atom. The van der Waals surface area contributed by atoms with Crippen molar-refractivity contribution < 1.29 is 4.74 Å². The average Bonchev–Trinajstić information content (AvgIpc) is 2.43. The van der Waals surface area contributed by atoms with Crippen LogP contribution in [0.2, 0.25) is 0 Å². The first-order valence-electron chi connectivity index (χ1n) is 6.63. The summed E-state index contributed by atoms with van der Waals surface area (Å²) in [5.41, 5.74) is 2.47. The van der Waals surface area contributed by atoms with Crippen molar-refractivity contribution in [1.82, 2.24) is 0 Å². The second-order valence-corrected chi connectivity index (χ2v) is 4.75. The fourth-order valence-corrected chi connectivity index (χ4v) is 2.49. The van der Waals surface area contributed by atoms with Crippen LogP contribution in [0.4, 0.5) is 0 Å². The summed E-state index contributed by atoms with van der Waals surface area (Å²) < 4.78 is 5.89. The molecule has 0 saturated carbocycles. The molecular formula is C18H20O. The third-order valence-corrected chi connectivity index (χ3v) is 3.36. The van der Waals surface area contributed by atoms with Gasteiger partial charge in [-0.3, -0.25) is 0 Å². The second kappa shape index (κ2) is 6.24. The summed E-state index contributed by atoms with van der Waals surface area (Å²) in [7, 11) is 0. The summed E-state index contributed by atoms with van der Waals surface area (Å²) in [4.78, 5) is 0. The minimum atomic E-state index is 0.228. The van der Waals surface area contributed by atoms with Gasteiger partial charge in [0, 0.05) is 11.5 Å². The van der Waals surface area contributed by atoms with Crippen LogP contribution in [0, 0.1) is 0 Å². The van der Waals surface area contributed by atoms with Crippen molar-refractivity contribution in [3.05, 3.63) is 78.9 Å². The van der Waals surface area contributed by atoms with E-state index in [1.165, 1.54) is 11.1 Å². The molecule has 98 valence electrons. The number of benzene rings is 1. The highest BCUT2D eigenvalue weighted by atomic mass is 16.5. The monoisotopic (exact) mass is 252 g/mol. The molecule has 2 rings (SSSR count). The molecule has 0 N–H and O–H groups in total. The van der Waals surface area contributed by atoms with Crippen LogP contribution in [0.25, 0.3) is 0 Å².